The van der Waals surface area contributed by atoms with Crippen molar-refractivity contribution in [3.63, 3.8) is 0 Å². The van der Waals surface area contributed by atoms with Crippen molar-refractivity contribution in [1.29, 1.82) is 0 Å². The van der Waals surface area contributed by atoms with E-state index in [-0.39, 0.29) is 29.6 Å². The van der Waals surface area contributed by atoms with E-state index in [4.69, 9.17) is 11.6 Å². The van der Waals surface area contributed by atoms with E-state index < -0.39 is 5.66 Å². The second kappa shape index (κ2) is 7.06. The molecule has 1 aliphatic heterocycles. The summed E-state index contributed by atoms with van der Waals surface area (Å²) >= 11 is 6.04. The molecular weight excluding hydrogens is 386 g/mol. The second-order valence-corrected chi connectivity index (χ2v) is 8.96. The molecule has 6 heteroatoms. The summed E-state index contributed by atoms with van der Waals surface area (Å²) in [5, 5.41) is 10.6. The number of fused-ring (bicyclic) bond motifs is 3. The summed E-state index contributed by atoms with van der Waals surface area (Å²) in [6.07, 6.45) is 3.63. The molecule has 0 aromatic heterocycles. The van der Waals surface area contributed by atoms with Crippen LogP contribution >= 0.6 is 11.6 Å². The molecule has 150 valence electrons. The third-order valence-corrected chi connectivity index (χ3v) is 7.07. The molecule has 2 amide bonds. The Kier molecular flexibility index (Phi) is 4.50. The van der Waals surface area contributed by atoms with E-state index >= 15 is 0 Å². The van der Waals surface area contributed by atoms with Crippen LogP contribution in [0.5, 0.6) is 0 Å². The van der Waals surface area contributed by atoms with Crippen molar-refractivity contribution in [3.05, 3.63) is 64.7 Å². The van der Waals surface area contributed by atoms with Crippen LogP contribution in [0.1, 0.15) is 41.6 Å². The minimum Gasteiger partial charge on any atom is -0.362 e. The van der Waals surface area contributed by atoms with Crippen molar-refractivity contribution in [3.8, 4) is 0 Å². The van der Waals surface area contributed by atoms with Gasteiger partial charge in [-0.05, 0) is 61.4 Å². The first-order valence-corrected chi connectivity index (χ1v) is 10.6. The Morgan fingerprint density at radius 2 is 2.00 bits per heavy atom. The predicted octanol–water partition coefficient (Wildman–Crippen LogP) is 3.94. The third kappa shape index (κ3) is 3.27. The molecule has 2 bridgehead atoms. The van der Waals surface area contributed by atoms with Crippen LogP contribution in [0.15, 0.2) is 48.5 Å². The molecule has 3 saturated carbocycles. The molecule has 1 heterocycles. The second-order valence-electron chi connectivity index (χ2n) is 8.52. The first kappa shape index (κ1) is 18.5. The molecule has 29 heavy (non-hydrogen) atoms. The number of carbonyl (C=O) groups is 2. The maximum atomic E-state index is 12.9. The zero-order valence-electron chi connectivity index (χ0n) is 16.1. The van der Waals surface area contributed by atoms with Gasteiger partial charge in [0, 0.05) is 29.1 Å². The Labute approximate surface area is 175 Å². The average molecular weight is 410 g/mol. The molecular formula is C23H24ClN3O2. The molecule has 1 spiro atoms. The molecule has 0 saturated heterocycles. The van der Waals surface area contributed by atoms with Gasteiger partial charge in [-0.1, -0.05) is 35.9 Å². The summed E-state index contributed by atoms with van der Waals surface area (Å²) in [6, 6.07) is 15.2. The molecule has 4 atom stereocenters. The molecule has 3 N–H and O–H groups in total. The minimum absolute atomic E-state index is 0.00516. The number of nitrogens with one attached hydrogen (secondary N) is 3. The summed E-state index contributed by atoms with van der Waals surface area (Å²) in [4.78, 5) is 25.6. The van der Waals surface area contributed by atoms with E-state index in [2.05, 4.69) is 16.0 Å². The SMILES string of the molecule is O=C1N[C@@]2(C[C@H]3CC[C@H]2C[C@H]3C(=O)NCc2cccc(Cl)c2)Nc2ccccc21. The Morgan fingerprint density at radius 3 is 2.79 bits per heavy atom. The monoisotopic (exact) mass is 409 g/mol. The van der Waals surface area contributed by atoms with E-state index in [1.807, 2.05) is 48.5 Å². The number of hydrogen-bond donors (Lipinski definition) is 3. The van der Waals surface area contributed by atoms with Gasteiger partial charge >= 0.3 is 0 Å². The summed E-state index contributed by atoms with van der Waals surface area (Å²) in [5.74, 6) is 0.588. The van der Waals surface area contributed by atoms with Gasteiger partial charge < -0.3 is 16.0 Å². The number of amides is 2. The normalized spacial score (nSPS) is 29.7. The van der Waals surface area contributed by atoms with Gasteiger partial charge in [-0.15, -0.1) is 0 Å². The molecule has 0 unspecified atom stereocenters. The van der Waals surface area contributed by atoms with Crippen LogP contribution in [0, 0.1) is 17.8 Å². The number of para-hydroxylation sites is 1. The van der Waals surface area contributed by atoms with Gasteiger partial charge in [0.25, 0.3) is 5.91 Å². The van der Waals surface area contributed by atoms with E-state index in [0.717, 1.165) is 36.9 Å². The van der Waals surface area contributed by atoms with Crippen molar-refractivity contribution in [2.24, 2.45) is 17.8 Å². The first-order chi connectivity index (χ1) is 14.0. The highest BCUT2D eigenvalue weighted by Crippen LogP contribution is 2.51. The predicted molar refractivity (Wildman–Crippen MR) is 112 cm³/mol. The van der Waals surface area contributed by atoms with E-state index in [1.165, 1.54) is 0 Å². The lowest BCUT2D eigenvalue weighted by molar-refractivity contribution is -0.132. The van der Waals surface area contributed by atoms with Gasteiger partial charge in [-0.25, -0.2) is 0 Å². The fourth-order valence-electron chi connectivity index (χ4n) is 5.43. The summed E-state index contributed by atoms with van der Waals surface area (Å²) in [5.41, 5.74) is 2.15. The van der Waals surface area contributed by atoms with Gasteiger partial charge in [-0.3, -0.25) is 9.59 Å². The van der Waals surface area contributed by atoms with Crippen LogP contribution in [-0.2, 0) is 11.3 Å². The van der Waals surface area contributed by atoms with Gasteiger partial charge in [-0.2, -0.15) is 0 Å². The standard InChI is InChI=1S/C23H24ClN3O2/c24-17-5-3-4-14(10-17)13-25-21(28)19-11-16-9-8-15(19)12-23(16)26-20-7-2-1-6-18(20)22(29)27-23/h1-7,10,15-16,19,26H,8-9,11-13H2,(H,25,28)(H,27,29)/t15-,16+,19-,23-/m1/s1. The van der Waals surface area contributed by atoms with E-state index in [9.17, 15) is 9.59 Å². The quantitative estimate of drug-likeness (QED) is 0.719. The maximum absolute atomic E-state index is 12.9. The lowest BCUT2D eigenvalue weighted by Crippen LogP contribution is -2.68. The van der Waals surface area contributed by atoms with Gasteiger partial charge in [0.15, 0.2) is 0 Å². The van der Waals surface area contributed by atoms with Gasteiger partial charge in [0.2, 0.25) is 5.91 Å². The van der Waals surface area contributed by atoms with Gasteiger partial charge in [0.1, 0.15) is 5.66 Å². The maximum Gasteiger partial charge on any atom is 0.255 e. The number of anilines is 1. The zero-order chi connectivity index (χ0) is 20.0. The lowest BCUT2D eigenvalue weighted by Gasteiger charge is -2.56. The summed E-state index contributed by atoms with van der Waals surface area (Å²) in [6.45, 7) is 0.487. The van der Waals surface area contributed by atoms with Crippen molar-refractivity contribution in [1.82, 2.24) is 10.6 Å². The van der Waals surface area contributed by atoms with Crippen molar-refractivity contribution < 1.29 is 9.59 Å². The molecule has 5 nitrogen and oxygen atoms in total. The number of benzene rings is 2. The Hall–Kier alpha value is -2.53. The fraction of sp³-hybridized carbons (Fsp3) is 0.391. The highest BCUT2D eigenvalue weighted by atomic mass is 35.5. The molecule has 6 rings (SSSR count). The Bertz CT molecular complexity index is 978. The summed E-state index contributed by atoms with van der Waals surface area (Å²) < 4.78 is 0. The first-order valence-electron chi connectivity index (χ1n) is 10.3. The van der Waals surface area contributed by atoms with Crippen molar-refractivity contribution in [2.45, 2.75) is 37.9 Å². The summed E-state index contributed by atoms with van der Waals surface area (Å²) in [7, 11) is 0. The molecule has 0 radical (unpaired) electrons. The topological polar surface area (TPSA) is 70.2 Å². The average Bonchev–Trinajstić information content (AvgIpc) is 2.72. The van der Waals surface area contributed by atoms with Crippen LogP contribution < -0.4 is 16.0 Å². The molecule has 2 aromatic rings. The van der Waals surface area contributed by atoms with Crippen LogP contribution in [0.3, 0.4) is 0 Å². The minimum atomic E-state index is -0.432. The highest BCUT2D eigenvalue weighted by Gasteiger charge is 2.55. The van der Waals surface area contributed by atoms with E-state index in [0.29, 0.717) is 17.1 Å². The smallest absolute Gasteiger partial charge is 0.255 e. The number of halogens is 1. The lowest BCUT2D eigenvalue weighted by atomic mass is 9.58. The highest BCUT2D eigenvalue weighted by molar-refractivity contribution is 6.30. The number of hydrogen-bond acceptors (Lipinski definition) is 3. The molecule has 3 aliphatic carbocycles. The van der Waals surface area contributed by atoms with Crippen LogP contribution in [0.25, 0.3) is 0 Å². The number of rotatable bonds is 3. The van der Waals surface area contributed by atoms with Crippen LogP contribution in [0.4, 0.5) is 5.69 Å². The molecule has 4 aliphatic rings. The Balaban J connectivity index is 1.29. The third-order valence-electron chi connectivity index (χ3n) is 6.83. The number of carbonyl (C=O) groups excluding carboxylic acids is 2. The van der Waals surface area contributed by atoms with Crippen molar-refractivity contribution >= 4 is 29.1 Å². The van der Waals surface area contributed by atoms with Crippen LogP contribution in [-0.4, -0.2) is 17.5 Å². The van der Waals surface area contributed by atoms with Gasteiger partial charge in [0.05, 0.1) is 5.56 Å². The van der Waals surface area contributed by atoms with E-state index in [1.54, 1.807) is 0 Å². The zero-order valence-corrected chi connectivity index (χ0v) is 16.8. The largest absolute Gasteiger partial charge is 0.362 e. The molecule has 2 aromatic carbocycles. The molecule has 3 fully saturated rings. The van der Waals surface area contributed by atoms with Crippen molar-refractivity contribution in [2.75, 3.05) is 5.32 Å². The Morgan fingerprint density at radius 1 is 1.14 bits per heavy atom. The van der Waals surface area contributed by atoms with Crippen LogP contribution in [0.2, 0.25) is 5.02 Å². The fourth-order valence-corrected chi connectivity index (χ4v) is 5.64.